The smallest absolute Gasteiger partial charge is 0.150 e. The number of carbonyl (C=O) groups excluding carboxylic acids is 1. The molecule has 0 fully saturated rings. The number of fused-ring (bicyclic) bond motifs is 3. The molecule has 15 heavy (non-hydrogen) atoms. The monoisotopic (exact) mass is 194 g/mol. The molecule has 0 atom stereocenters. The van der Waals surface area contributed by atoms with Crippen molar-refractivity contribution in [3.63, 3.8) is 0 Å². The zero-order valence-corrected chi connectivity index (χ0v) is 8.23. The molecule has 0 unspecified atom stereocenters. The summed E-state index contributed by atoms with van der Waals surface area (Å²) in [6.45, 7) is 0. The molecule has 1 nitrogen and oxygen atoms in total. The number of hydrogen-bond acceptors (Lipinski definition) is 1. The van der Waals surface area contributed by atoms with Gasteiger partial charge >= 0.3 is 0 Å². The van der Waals surface area contributed by atoms with Crippen LogP contribution >= 0.6 is 0 Å². The molecule has 0 heterocycles. The van der Waals surface area contributed by atoms with E-state index in [1.54, 1.807) is 0 Å². The Kier molecular flexibility index (Phi) is 1.72. The molecule has 0 aliphatic heterocycles. The minimum Gasteiger partial charge on any atom is -0.298 e. The van der Waals surface area contributed by atoms with Gasteiger partial charge in [-0.3, -0.25) is 4.79 Å². The normalized spacial score (nSPS) is 13.1. The second kappa shape index (κ2) is 3.06. The summed E-state index contributed by atoms with van der Waals surface area (Å²) in [4.78, 5) is 10.7. The van der Waals surface area contributed by atoms with Gasteiger partial charge in [0, 0.05) is 5.56 Å². The zero-order chi connectivity index (χ0) is 10.3. The molecule has 0 bridgehead atoms. The van der Waals surface area contributed by atoms with Gasteiger partial charge in [0.2, 0.25) is 0 Å². The molecule has 0 amide bonds. The van der Waals surface area contributed by atoms with E-state index in [0.29, 0.717) is 0 Å². The predicted octanol–water partition coefficient (Wildman–Crippen LogP) is 3.22. The number of allylic oxidation sites excluding steroid dienone is 1. The van der Waals surface area contributed by atoms with E-state index < -0.39 is 0 Å². The van der Waals surface area contributed by atoms with Crippen LogP contribution in [0.1, 0.15) is 21.5 Å². The summed E-state index contributed by atoms with van der Waals surface area (Å²) in [6.07, 6.45) is 6.22. The van der Waals surface area contributed by atoms with E-state index in [-0.39, 0.29) is 0 Å². The van der Waals surface area contributed by atoms with Gasteiger partial charge in [-0.2, -0.15) is 0 Å². The van der Waals surface area contributed by atoms with Crippen molar-refractivity contribution in [3.8, 4) is 0 Å². The van der Waals surface area contributed by atoms with E-state index in [1.165, 1.54) is 21.9 Å². The van der Waals surface area contributed by atoms with Crippen molar-refractivity contribution in [2.24, 2.45) is 0 Å². The van der Waals surface area contributed by atoms with Crippen LogP contribution < -0.4 is 0 Å². The Hall–Kier alpha value is -1.89. The van der Waals surface area contributed by atoms with Crippen molar-refractivity contribution >= 4 is 23.1 Å². The Morgan fingerprint density at radius 1 is 1.13 bits per heavy atom. The molecule has 0 N–H and O–H groups in total. The van der Waals surface area contributed by atoms with Crippen molar-refractivity contribution in [2.45, 2.75) is 6.42 Å². The summed E-state index contributed by atoms with van der Waals surface area (Å²) < 4.78 is 0. The third kappa shape index (κ3) is 1.20. The van der Waals surface area contributed by atoms with Crippen LogP contribution in [0.3, 0.4) is 0 Å². The van der Waals surface area contributed by atoms with Crippen molar-refractivity contribution < 1.29 is 4.79 Å². The fourth-order valence-corrected chi connectivity index (χ4v) is 2.16. The van der Waals surface area contributed by atoms with Gasteiger partial charge in [0.05, 0.1) is 0 Å². The highest BCUT2D eigenvalue weighted by atomic mass is 16.1. The minimum absolute atomic E-state index is 0.746. The molecule has 1 heteroatoms. The summed E-state index contributed by atoms with van der Waals surface area (Å²) in [5, 5.41) is 2.39. The fourth-order valence-electron chi connectivity index (χ4n) is 2.16. The highest BCUT2D eigenvalue weighted by molar-refractivity contribution is 5.96. The summed E-state index contributed by atoms with van der Waals surface area (Å²) in [5.74, 6) is 0. The van der Waals surface area contributed by atoms with E-state index in [1.807, 2.05) is 18.2 Å². The van der Waals surface area contributed by atoms with Crippen LogP contribution in [0.4, 0.5) is 0 Å². The molecule has 0 spiro atoms. The Balaban J connectivity index is 2.41. The Morgan fingerprint density at radius 2 is 2.00 bits per heavy atom. The fraction of sp³-hybridized carbons (Fsp3) is 0.0714. The second-order valence-corrected chi connectivity index (χ2v) is 3.84. The Labute approximate surface area is 88.0 Å². The first kappa shape index (κ1) is 8.42. The first-order valence-electron chi connectivity index (χ1n) is 5.06. The van der Waals surface area contributed by atoms with E-state index in [4.69, 9.17) is 0 Å². The van der Waals surface area contributed by atoms with Crippen LogP contribution in [0.5, 0.6) is 0 Å². The molecule has 2 aromatic rings. The van der Waals surface area contributed by atoms with Crippen LogP contribution in [0.2, 0.25) is 0 Å². The van der Waals surface area contributed by atoms with Crippen molar-refractivity contribution in [3.05, 3.63) is 53.1 Å². The first-order chi connectivity index (χ1) is 7.38. The minimum atomic E-state index is 0.746. The lowest BCUT2D eigenvalue weighted by atomic mass is 9.99. The summed E-state index contributed by atoms with van der Waals surface area (Å²) in [6, 6.07) is 10.1. The van der Waals surface area contributed by atoms with Gasteiger partial charge in [0.15, 0.2) is 0 Å². The summed E-state index contributed by atoms with van der Waals surface area (Å²) in [7, 11) is 0. The molecule has 2 aromatic carbocycles. The maximum Gasteiger partial charge on any atom is 0.150 e. The molecule has 1 aliphatic rings. The van der Waals surface area contributed by atoms with Crippen molar-refractivity contribution in [1.82, 2.24) is 0 Å². The molecule has 0 aromatic heterocycles. The van der Waals surface area contributed by atoms with Gasteiger partial charge in [-0.25, -0.2) is 0 Å². The van der Waals surface area contributed by atoms with Crippen LogP contribution in [0.15, 0.2) is 36.4 Å². The maximum atomic E-state index is 10.7. The van der Waals surface area contributed by atoms with Crippen LogP contribution in [-0.4, -0.2) is 6.29 Å². The highest BCUT2D eigenvalue weighted by Gasteiger charge is 2.08. The number of aldehydes is 1. The summed E-state index contributed by atoms with van der Waals surface area (Å²) >= 11 is 0. The van der Waals surface area contributed by atoms with E-state index >= 15 is 0 Å². The summed E-state index contributed by atoms with van der Waals surface area (Å²) in [5.41, 5.74) is 3.37. The lowest BCUT2D eigenvalue weighted by Crippen LogP contribution is -1.86. The van der Waals surface area contributed by atoms with Gasteiger partial charge in [-0.1, -0.05) is 36.4 Å². The van der Waals surface area contributed by atoms with Crippen molar-refractivity contribution in [1.29, 1.82) is 0 Å². The Bertz CT molecular complexity index is 579. The van der Waals surface area contributed by atoms with Crippen LogP contribution in [0.25, 0.3) is 16.8 Å². The van der Waals surface area contributed by atoms with Crippen molar-refractivity contribution in [2.75, 3.05) is 0 Å². The average Bonchev–Trinajstić information content (AvgIpc) is 2.76. The van der Waals surface area contributed by atoms with Gasteiger partial charge in [0.1, 0.15) is 6.29 Å². The largest absolute Gasteiger partial charge is 0.298 e. The SMILES string of the molecule is O=Cc1ccc2ccc3c(c2c1)C=CC3. The highest BCUT2D eigenvalue weighted by Crippen LogP contribution is 2.28. The molecule has 1 aliphatic carbocycles. The Morgan fingerprint density at radius 3 is 2.87 bits per heavy atom. The third-order valence-electron chi connectivity index (χ3n) is 2.94. The van der Waals surface area contributed by atoms with Gasteiger partial charge < -0.3 is 0 Å². The van der Waals surface area contributed by atoms with Gasteiger partial charge in [0.25, 0.3) is 0 Å². The molecular weight excluding hydrogens is 184 g/mol. The molecule has 3 rings (SSSR count). The molecule has 72 valence electrons. The van der Waals surface area contributed by atoms with Gasteiger partial charge in [-0.05, 0) is 34.4 Å². The van der Waals surface area contributed by atoms with Gasteiger partial charge in [-0.15, -0.1) is 0 Å². The number of carbonyl (C=O) groups is 1. The van der Waals surface area contributed by atoms with Crippen LogP contribution in [0, 0.1) is 0 Å². The third-order valence-corrected chi connectivity index (χ3v) is 2.94. The molecule has 0 saturated carbocycles. The van der Waals surface area contributed by atoms with E-state index in [2.05, 4.69) is 24.3 Å². The zero-order valence-electron chi connectivity index (χ0n) is 8.23. The maximum absolute atomic E-state index is 10.7. The molecule has 0 radical (unpaired) electrons. The second-order valence-electron chi connectivity index (χ2n) is 3.84. The first-order valence-corrected chi connectivity index (χ1v) is 5.06. The average molecular weight is 194 g/mol. The number of benzene rings is 2. The standard InChI is InChI=1S/C14H10O/c15-9-10-4-5-12-7-6-11-2-1-3-13(11)14(12)8-10/h1,3-9H,2H2. The predicted molar refractivity (Wildman–Crippen MR) is 62.1 cm³/mol. The lowest BCUT2D eigenvalue weighted by Gasteiger charge is -2.05. The molecule has 0 saturated heterocycles. The van der Waals surface area contributed by atoms with E-state index in [9.17, 15) is 4.79 Å². The van der Waals surface area contributed by atoms with E-state index in [0.717, 1.165) is 18.3 Å². The quantitative estimate of drug-likeness (QED) is 0.637. The molecular formula is C14H10O. The topological polar surface area (TPSA) is 17.1 Å². The van der Waals surface area contributed by atoms with Crippen LogP contribution in [-0.2, 0) is 6.42 Å². The number of hydrogen-bond donors (Lipinski definition) is 0. The lowest BCUT2D eigenvalue weighted by molar-refractivity contribution is 0.112. The number of rotatable bonds is 1.